The van der Waals surface area contributed by atoms with Gasteiger partial charge in [-0.3, -0.25) is 0 Å². The molecule has 2 aromatic carbocycles. The number of unbranched alkanes of at least 4 members (excludes halogenated alkanes) is 6. The summed E-state index contributed by atoms with van der Waals surface area (Å²) in [6, 6.07) is 8.60. The smallest absolute Gasteiger partial charge is 0.231 e. The lowest BCUT2D eigenvalue weighted by Gasteiger charge is -2.21. The van der Waals surface area contributed by atoms with Gasteiger partial charge < -0.3 is 18.9 Å². The van der Waals surface area contributed by atoms with E-state index in [0.29, 0.717) is 6.79 Å². The molecule has 3 aromatic rings. The van der Waals surface area contributed by atoms with Crippen LogP contribution in [0.3, 0.4) is 0 Å². The molecule has 5 nitrogen and oxygen atoms in total. The molecule has 0 N–H and O–H groups in total. The second kappa shape index (κ2) is 10.1. The van der Waals surface area contributed by atoms with Crippen LogP contribution in [0.2, 0.25) is 0 Å². The first-order valence-electron chi connectivity index (χ1n) is 12.8. The molecule has 2 aliphatic rings. The summed E-state index contributed by atoms with van der Waals surface area (Å²) in [4.78, 5) is 0. The summed E-state index contributed by atoms with van der Waals surface area (Å²) < 4.78 is 25.3. The molecule has 3 heterocycles. The van der Waals surface area contributed by atoms with Crippen molar-refractivity contribution in [1.29, 1.82) is 0 Å². The van der Waals surface area contributed by atoms with E-state index in [9.17, 15) is 0 Å². The van der Waals surface area contributed by atoms with Gasteiger partial charge in [0, 0.05) is 17.4 Å². The number of methoxy groups -OCH3 is 2. The number of ether oxygens (including phenoxy) is 4. The molecule has 0 fully saturated rings. The first kappa shape index (κ1) is 22.8. The van der Waals surface area contributed by atoms with E-state index in [1.54, 1.807) is 14.2 Å². The Morgan fingerprint density at radius 2 is 1.65 bits per heavy atom. The van der Waals surface area contributed by atoms with Crippen molar-refractivity contribution in [2.75, 3.05) is 21.0 Å². The van der Waals surface area contributed by atoms with Crippen LogP contribution in [0.15, 0.2) is 30.5 Å². The van der Waals surface area contributed by atoms with Crippen molar-refractivity contribution in [1.82, 2.24) is 0 Å². The van der Waals surface area contributed by atoms with Crippen molar-refractivity contribution in [2.45, 2.75) is 71.3 Å². The zero-order valence-corrected chi connectivity index (χ0v) is 20.7. The second-order valence-electron chi connectivity index (χ2n) is 9.40. The first-order valence-corrected chi connectivity index (χ1v) is 12.8. The molecular formula is C29H36NO4+. The van der Waals surface area contributed by atoms with Gasteiger partial charge in [-0.25, -0.2) is 0 Å². The van der Waals surface area contributed by atoms with E-state index >= 15 is 0 Å². The number of rotatable bonds is 10. The van der Waals surface area contributed by atoms with E-state index in [-0.39, 0.29) is 0 Å². The molecule has 0 radical (unpaired) electrons. The third-order valence-corrected chi connectivity index (χ3v) is 7.27. The fraction of sp³-hybridized carbons (Fsp3) is 0.483. The van der Waals surface area contributed by atoms with Gasteiger partial charge in [0.1, 0.15) is 0 Å². The van der Waals surface area contributed by atoms with E-state index < -0.39 is 0 Å². The van der Waals surface area contributed by atoms with Crippen LogP contribution in [-0.4, -0.2) is 21.0 Å². The van der Waals surface area contributed by atoms with Gasteiger partial charge in [0.25, 0.3) is 0 Å². The van der Waals surface area contributed by atoms with Crippen molar-refractivity contribution in [3.05, 3.63) is 41.6 Å². The Balaban J connectivity index is 1.57. The Labute approximate surface area is 202 Å². The molecule has 0 atom stereocenters. The third-order valence-electron chi connectivity index (χ3n) is 7.27. The topological polar surface area (TPSA) is 40.8 Å². The summed E-state index contributed by atoms with van der Waals surface area (Å²) in [6.07, 6.45) is 13.4. The molecule has 1 aromatic heterocycles. The van der Waals surface area contributed by atoms with Gasteiger partial charge in [-0.1, -0.05) is 45.4 Å². The van der Waals surface area contributed by atoms with Crippen LogP contribution in [0.25, 0.3) is 22.0 Å². The summed E-state index contributed by atoms with van der Waals surface area (Å²) in [7, 11) is 3.43. The van der Waals surface area contributed by atoms with Gasteiger partial charge in [-0.15, -0.1) is 0 Å². The molecule has 180 valence electrons. The number of aryl methyl sites for hydroxylation is 3. The number of fused-ring (bicyclic) bond motifs is 5. The van der Waals surface area contributed by atoms with Crippen LogP contribution in [0.5, 0.6) is 23.0 Å². The summed E-state index contributed by atoms with van der Waals surface area (Å²) >= 11 is 0. The normalized spacial score (nSPS) is 13.6. The quantitative estimate of drug-likeness (QED) is 0.259. The lowest BCUT2D eigenvalue weighted by atomic mass is 9.89. The maximum Gasteiger partial charge on any atom is 0.231 e. The van der Waals surface area contributed by atoms with Gasteiger partial charge in [-0.05, 0) is 42.7 Å². The lowest BCUT2D eigenvalue weighted by Crippen LogP contribution is -2.41. The van der Waals surface area contributed by atoms with Crippen molar-refractivity contribution in [2.24, 2.45) is 0 Å². The van der Waals surface area contributed by atoms with Gasteiger partial charge in [0.15, 0.2) is 35.7 Å². The maximum atomic E-state index is 5.83. The first-order chi connectivity index (χ1) is 16.7. The van der Waals surface area contributed by atoms with Gasteiger partial charge in [-0.2, -0.15) is 4.57 Å². The van der Waals surface area contributed by atoms with E-state index in [4.69, 9.17) is 18.9 Å². The fourth-order valence-electron chi connectivity index (χ4n) is 5.52. The van der Waals surface area contributed by atoms with Crippen LogP contribution in [0, 0.1) is 0 Å². The number of benzene rings is 2. The van der Waals surface area contributed by atoms with Crippen LogP contribution in [-0.2, 0) is 19.4 Å². The van der Waals surface area contributed by atoms with E-state index in [1.165, 1.54) is 72.7 Å². The van der Waals surface area contributed by atoms with Crippen molar-refractivity contribution >= 4 is 10.8 Å². The van der Waals surface area contributed by atoms with Crippen LogP contribution in [0.4, 0.5) is 0 Å². The molecular weight excluding hydrogens is 426 g/mol. The second-order valence-corrected chi connectivity index (χ2v) is 9.40. The van der Waals surface area contributed by atoms with Crippen LogP contribution < -0.4 is 23.5 Å². The highest BCUT2D eigenvalue weighted by atomic mass is 16.7. The molecule has 0 bridgehead atoms. The van der Waals surface area contributed by atoms with Gasteiger partial charge >= 0.3 is 0 Å². The van der Waals surface area contributed by atoms with E-state index in [1.807, 2.05) is 6.07 Å². The van der Waals surface area contributed by atoms with Crippen molar-refractivity contribution < 1.29 is 23.5 Å². The van der Waals surface area contributed by atoms with E-state index in [0.717, 1.165) is 47.8 Å². The van der Waals surface area contributed by atoms with Crippen molar-refractivity contribution in [3.8, 4) is 34.3 Å². The maximum absolute atomic E-state index is 5.83. The molecule has 0 amide bonds. The third kappa shape index (κ3) is 4.17. The monoisotopic (exact) mass is 462 g/mol. The van der Waals surface area contributed by atoms with Crippen LogP contribution >= 0.6 is 0 Å². The minimum Gasteiger partial charge on any atom is -0.493 e. The average Bonchev–Trinajstić information content (AvgIpc) is 3.32. The molecule has 0 spiro atoms. The Morgan fingerprint density at radius 1 is 0.882 bits per heavy atom. The summed E-state index contributed by atoms with van der Waals surface area (Å²) in [6.45, 7) is 3.51. The highest BCUT2D eigenvalue weighted by Crippen LogP contribution is 2.43. The number of hydrogen-bond acceptors (Lipinski definition) is 4. The Bertz CT molecular complexity index is 1190. The molecule has 0 saturated heterocycles. The Morgan fingerprint density at radius 3 is 2.41 bits per heavy atom. The summed E-state index contributed by atoms with van der Waals surface area (Å²) in [5, 5.41) is 2.37. The molecule has 5 rings (SSSR count). The van der Waals surface area contributed by atoms with Crippen LogP contribution in [0.1, 0.15) is 63.0 Å². The average molecular weight is 463 g/mol. The number of hydrogen-bond donors (Lipinski definition) is 0. The highest BCUT2D eigenvalue weighted by Gasteiger charge is 2.32. The Hall–Kier alpha value is -2.95. The largest absolute Gasteiger partial charge is 0.493 e. The minimum absolute atomic E-state index is 0.303. The zero-order valence-electron chi connectivity index (χ0n) is 20.7. The predicted octanol–water partition coefficient (Wildman–Crippen LogP) is 6.39. The molecule has 0 saturated carbocycles. The molecule has 0 aliphatic carbocycles. The van der Waals surface area contributed by atoms with Gasteiger partial charge in [0.05, 0.1) is 25.2 Å². The SMILES string of the molecule is CCCCCCCCCc1c2[n+](cc3c(OC)c(OC)ccc13)CCc1cc3c(cc1-2)OCO3. The summed E-state index contributed by atoms with van der Waals surface area (Å²) in [5.41, 5.74) is 5.31. The minimum atomic E-state index is 0.303. The lowest BCUT2D eigenvalue weighted by molar-refractivity contribution is -0.686. The molecule has 5 heteroatoms. The van der Waals surface area contributed by atoms with Crippen molar-refractivity contribution in [3.63, 3.8) is 0 Å². The number of pyridine rings is 1. The predicted molar refractivity (Wildman–Crippen MR) is 134 cm³/mol. The van der Waals surface area contributed by atoms with Gasteiger partial charge in [0.2, 0.25) is 12.5 Å². The molecule has 34 heavy (non-hydrogen) atoms. The fourth-order valence-corrected chi connectivity index (χ4v) is 5.52. The van der Waals surface area contributed by atoms with E-state index in [2.05, 4.69) is 35.9 Å². The Kier molecular flexibility index (Phi) is 6.80. The zero-order chi connectivity index (χ0) is 23.5. The standard InChI is InChI=1S/C29H36NO4/c1-4-5-6-7-8-9-10-11-22-21-12-13-25(31-2)29(32-3)24(21)18-30-15-14-20-16-26-27(34-19-33-26)17-23(20)28(22)30/h12-13,16-18H,4-11,14-15,19H2,1-3H3/q+1. The highest BCUT2D eigenvalue weighted by molar-refractivity contribution is 5.95. The summed E-state index contributed by atoms with van der Waals surface area (Å²) in [5.74, 6) is 3.30. The number of aromatic nitrogens is 1. The number of nitrogens with zero attached hydrogens (tertiary/aromatic N) is 1. The molecule has 0 unspecified atom stereocenters. The molecule has 2 aliphatic heterocycles.